The number of rotatable bonds is 6. The number of fused-ring (bicyclic) bond motifs is 1. The van der Waals surface area contributed by atoms with Gasteiger partial charge >= 0.3 is 6.09 Å². The Hall–Kier alpha value is -3.34. The maximum absolute atomic E-state index is 11.7. The molecule has 5 heteroatoms. The van der Waals surface area contributed by atoms with E-state index in [-0.39, 0.29) is 12.0 Å². The van der Waals surface area contributed by atoms with Gasteiger partial charge in [0.25, 0.3) is 0 Å². The number of hydrogen-bond donors (Lipinski definition) is 2. The van der Waals surface area contributed by atoms with Crippen LogP contribution in [0, 0.1) is 0 Å². The van der Waals surface area contributed by atoms with Gasteiger partial charge in [-0.05, 0) is 29.7 Å². The van der Waals surface area contributed by atoms with E-state index in [0.29, 0.717) is 18.4 Å². The first-order chi connectivity index (χ1) is 12.7. The van der Waals surface area contributed by atoms with Crippen LogP contribution in [0.4, 0.5) is 4.79 Å². The van der Waals surface area contributed by atoms with Gasteiger partial charge in [0.05, 0.1) is 0 Å². The molecule has 132 valence electrons. The van der Waals surface area contributed by atoms with E-state index in [1.165, 1.54) is 6.07 Å². The van der Waals surface area contributed by atoms with Gasteiger partial charge in [-0.1, -0.05) is 48.6 Å². The summed E-state index contributed by atoms with van der Waals surface area (Å²) in [6.45, 7) is 0.756. The second-order valence-electron chi connectivity index (χ2n) is 5.83. The molecule has 0 aliphatic carbocycles. The lowest BCUT2D eigenvalue weighted by Gasteiger charge is -2.05. The normalized spacial score (nSPS) is 10.9. The minimum atomic E-state index is -0.425. The third-order valence-corrected chi connectivity index (χ3v) is 3.89. The molecule has 5 nitrogen and oxygen atoms in total. The molecule has 0 unspecified atom stereocenters. The van der Waals surface area contributed by atoms with Crippen LogP contribution in [0.2, 0.25) is 0 Å². The highest BCUT2D eigenvalue weighted by Crippen LogP contribution is 2.11. The van der Waals surface area contributed by atoms with Crippen molar-refractivity contribution in [1.29, 1.82) is 0 Å². The first kappa shape index (κ1) is 17.5. The van der Waals surface area contributed by atoms with Crippen LogP contribution in [0.1, 0.15) is 17.5 Å². The van der Waals surface area contributed by atoms with E-state index < -0.39 is 6.09 Å². The number of aromatic amines is 1. The van der Waals surface area contributed by atoms with E-state index in [1.54, 1.807) is 6.20 Å². The van der Waals surface area contributed by atoms with E-state index in [0.717, 1.165) is 16.6 Å². The van der Waals surface area contributed by atoms with Crippen molar-refractivity contribution in [1.82, 2.24) is 10.3 Å². The number of carbonyl (C=O) groups excluding carboxylic acids is 1. The minimum Gasteiger partial charge on any atom is -0.445 e. The van der Waals surface area contributed by atoms with Crippen molar-refractivity contribution in [2.45, 2.75) is 13.0 Å². The van der Waals surface area contributed by atoms with E-state index in [9.17, 15) is 9.59 Å². The molecule has 0 aliphatic rings. The first-order valence-electron chi connectivity index (χ1n) is 8.45. The standard InChI is InChI=1S/C21H20N2O3/c24-20-11-13-22-19-14-16(9-10-18(19)20)6-4-5-12-23-21(25)26-15-17-7-2-1-3-8-17/h1-4,6-11,13-14H,5,12,15H2,(H,22,24)(H,23,25). The maximum Gasteiger partial charge on any atom is 0.407 e. The molecule has 0 saturated carbocycles. The lowest BCUT2D eigenvalue weighted by atomic mass is 10.1. The third-order valence-electron chi connectivity index (χ3n) is 3.89. The molecule has 0 saturated heterocycles. The monoisotopic (exact) mass is 348 g/mol. The zero-order valence-electron chi connectivity index (χ0n) is 14.3. The van der Waals surface area contributed by atoms with Gasteiger partial charge in [-0.25, -0.2) is 4.79 Å². The topological polar surface area (TPSA) is 71.2 Å². The zero-order chi connectivity index (χ0) is 18.2. The molecule has 2 N–H and O–H groups in total. The Balaban J connectivity index is 1.43. The Morgan fingerprint density at radius 2 is 1.96 bits per heavy atom. The number of hydrogen-bond acceptors (Lipinski definition) is 3. The van der Waals surface area contributed by atoms with E-state index in [1.807, 2.05) is 60.7 Å². The lowest BCUT2D eigenvalue weighted by molar-refractivity contribution is 0.140. The summed E-state index contributed by atoms with van der Waals surface area (Å²) in [6.07, 6.45) is 5.83. The number of alkyl carbamates (subject to hydrolysis) is 1. The molecule has 0 bridgehead atoms. The third kappa shape index (κ3) is 4.83. The molecule has 1 heterocycles. The van der Waals surface area contributed by atoms with Gasteiger partial charge in [0.15, 0.2) is 5.43 Å². The molecular weight excluding hydrogens is 328 g/mol. The predicted octanol–water partition coefficient (Wildman–Crippen LogP) is 3.86. The van der Waals surface area contributed by atoms with Gasteiger partial charge in [0.2, 0.25) is 0 Å². The number of nitrogens with one attached hydrogen (secondary N) is 2. The average Bonchev–Trinajstić information content (AvgIpc) is 2.67. The van der Waals surface area contributed by atoms with E-state index in [2.05, 4.69) is 10.3 Å². The molecule has 1 amide bonds. The summed E-state index contributed by atoms with van der Waals surface area (Å²) < 4.78 is 5.14. The number of ether oxygens (including phenoxy) is 1. The Morgan fingerprint density at radius 1 is 1.12 bits per heavy atom. The summed E-state index contributed by atoms with van der Waals surface area (Å²) in [4.78, 5) is 26.4. The number of pyridine rings is 1. The Morgan fingerprint density at radius 3 is 2.81 bits per heavy atom. The molecule has 0 atom stereocenters. The summed E-state index contributed by atoms with van der Waals surface area (Å²) in [5, 5.41) is 3.39. The van der Waals surface area contributed by atoms with Crippen LogP contribution >= 0.6 is 0 Å². The summed E-state index contributed by atoms with van der Waals surface area (Å²) in [6, 6.07) is 16.7. The van der Waals surface area contributed by atoms with Crippen molar-refractivity contribution in [3.8, 4) is 0 Å². The van der Waals surface area contributed by atoms with Crippen molar-refractivity contribution in [2.24, 2.45) is 0 Å². The highest BCUT2D eigenvalue weighted by molar-refractivity contribution is 5.80. The SMILES string of the molecule is O=C(NCCC=Cc1ccc2c(=O)cc[nH]c2c1)OCc1ccccc1. The van der Waals surface area contributed by atoms with E-state index in [4.69, 9.17) is 4.74 Å². The molecule has 0 radical (unpaired) electrons. The summed E-state index contributed by atoms with van der Waals surface area (Å²) in [7, 11) is 0. The van der Waals surface area contributed by atoms with Crippen LogP contribution in [-0.2, 0) is 11.3 Å². The van der Waals surface area contributed by atoms with Crippen molar-refractivity contribution >= 4 is 23.1 Å². The molecule has 3 rings (SSSR count). The van der Waals surface area contributed by atoms with Crippen molar-refractivity contribution in [3.63, 3.8) is 0 Å². The Labute approximate surface area is 151 Å². The van der Waals surface area contributed by atoms with E-state index >= 15 is 0 Å². The van der Waals surface area contributed by atoms with Crippen molar-refractivity contribution in [3.05, 3.63) is 88.2 Å². The molecular formula is C21H20N2O3. The van der Waals surface area contributed by atoms with Crippen LogP contribution in [0.15, 0.2) is 71.7 Å². The van der Waals surface area contributed by atoms with Crippen molar-refractivity contribution < 1.29 is 9.53 Å². The molecule has 3 aromatic rings. The first-order valence-corrected chi connectivity index (χ1v) is 8.45. The van der Waals surface area contributed by atoms with Crippen LogP contribution in [0.5, 0.6) is 0 Å². The van der Waals surface area contributed by atoms with Gasteiger partial charge in [0, 0.05) is 29.7 Å². The van der Waals surface area contributed by atoms with Crippen LogP contribution < -0.4 is 10.7 Å². The Kier molecular flexibility index (Phi) is 5.83. The van der Waals surface area contributed by atoms with Gasteiger partial charge in [-0.3, -0.25) is 4.79 Å². The summed E-state index contributed by atoms with van der Waals surface area (Å²) >= 11 is 0. The van der Waals surface area contributed by atoms with Gasteiger partial charge in [0.1, 0.15) is 6.61 Å². The second kappa shape index (κ2) is 8.67. The quantitative estimate of drug-likeness (QED) is 0.665. The summed E-state index contributed by atoms with van der Waals surface area (Å²) in [5.41, 5.74) is 2.76. The summed E-state index contributed by atoms with van der Waals surface area (Å²) in [5.74, 6) is 0. The van der Waals surface area contributed by atoms with Gasteiger partial charge in [-0.15, -0.1) is 0 Å². The second-order valence-corrected chi connectivity index (χ2v) is 5.83. The number of H-pyrrole nitrogens is 1. The fourth-order valence-electron chi connectivity index (χ4n) is 2.55. The average molecular weight is 348 g/mol. The lowest BCUT2D eigenvalue weighted by Crippen LogP contribution is -2.24. The molecule has 1 aromatic heterocycles. The molecule has 2 aromatic carbocycles. The fraction of sp³-hybridized carbons (Fsp3) is 0.143. The number of benzene rings is 2. The number of carbonyl (C=O) groups is 1. The maximum atomic E-state index is 11.7. The predicted molar refractivity (Wildman–Crippen MR) is 103 cm³/mol. The molecule has 0 spiro atoms. The van der Waals surface area contributed by atoms with Crippen molar-refractivity contribution in [2.75, 3.05) is 6.54 Å². The van der Waals surface area contributed by atoms with Crippen LogP contribution in [0.3, 0.4) is 0 Å². The smallest absolute Gasteiger partial charge is 0.407 e. The fourth-order valence-corrected chi connectivity index (χ4v) is 2.55. The van der Waals surface area contributed by atoms with Crippen LogP contribution in [-0.4, -0.2) is 17.6 Å². The number of aromatic nitrogens is 1. The van der Waals surface area contributed by atoms with Gasteiger partial charge < -0.3 is 15.0 Å². The highest BCUT2D eigenvalue weighted by Gasteiger charge is 2.01. The van der Waals surface area contributed by atoms with Crippen LogP contribution in [0.25, 0.3) is 17.0 Å². The molecule has 0 fully saturated rings. The molecule has 26 heavy (non-hydrogen) atoms. The van der Waals surface area contributed by atoms with Gasteiger partial charge in [-0.2, -0.15) is 0 Å². The largest absolute Gasteiger partial charge is 0.445 e. The minimum absolute atomic E-state index is 0.00694. The zero-order valence-corrected chi connectivity index (χ0v) is 14.3. The Bertz CT molecular complexity index is 962. The molecule has 0 aliphatic heterocycles. The number of amides is 1. The highest BCUT2D eigenvalue weighted by atomic mass is 16.5.